The van der Waals surface area contributed by atoms with Crippen LogP contribution < -0.4 is 5.32 Å². The Bertz CT molecular complexity index is 931. The number of nitrogens with one attached hydrogen (secondary N) is 1. The molecule has 2 heterocycles. The Balaban J connectivity index is 1.77. The van der Waals surface area contributed by atoms with E-state index in [9.17, 15) is 0 Å². The maximum atomic E-state index is 6.49. The minimum absolute atomic E-state index is 0.579. The topological polar surface area (TPSA) is 42.7 Å². The van der Waals surface area contributed by atoms with Crippen LogP contribution in [-0.2, 0) is 6.54 Å². The van der Waals surface area contributed by atoms with Gasteiger partial charge in [-0.25, -0.2) is 4.68 Å². The summed E-state index contributed by atoms with van der Waals surface area (Å²) in [6.07, 6.45) is 8.72. The molecule has 2 aromatic heterocycles. The maximum absolute atomic E-state index is 6.49. The number of nitrogens with zero attached hydrogens (tertiary/aromatic N) is 3. The number of hydrogen-bond donors (Lipinski definition) is 1. The van der Waals surface area contributed by atoms with Crippen LogP contribution in [0.15, 0.2) is 42.7 Å². The lowest BCUT2D eigenvalue weighted by molar-refractivity contribution is 0.517. The molecule has 0 spiro atoms. The Morgan fingerprint density at radius 2 is 1.85 bits per heavy atom. The van der Waals surface area contributed by atoms with E-state index in [1.807, 2.05) is 28.9 Å². The molecule has 0 amide bonds. The Hall–Kier alpha value is -1.88. The van der Waals surface area contributed by atoms with Crippen molar-refractivity contribution in [1.82, 2.24) is 20.1 Å². The Morgan fingerprint density at radius 3 is 2.56 bits per heavy atom. The van der Waals surface area contributed by atoms with Crippen LogP contribution in [0.1, 0.15) is 36.9 Å². The van der Waals surface area contributed by atoms with Crippen LogP contribution >= 0.6 is 23.2 Å². The molecule has 4 nitrogen and oxygen atoms in total. The first-order valence-corrected chi connectivity index (χ1v) is 10.1. The SMILES string of the molecule is Cc1c(CNC2CCCC2)nn(-c2ccc(Cl)cc2Cl)c1-c1ccncc1. The Kier molecular flexibility index (Phi) is 5.48. The predicted molar refractivity (Wildman–Crippen MR) is 111 cm³/mol. The second-order valence-corrected chi connectivity index (χ2v) is 7.87. The average Bonchev–Trinajstić information content (AvgIpc) is 3.29. The molecule has 4 rings (SSSR count). The minimum Gasteiger partial charge on any atom is -0.308 e. The van der Waals surface area contributed by atoms with Crippen molar-refractivity contribution in [2.75, 3.05) is 0 Å². The van der Waals surface area contributed by atoms with E-state index in [0.717, 1.165) is 34.7 Å². The third-order valence-corrected chi connectivity index (χ3v) is 5.76. The standard InChI is InChI=1S/C21H22Cl2N4/c1-14-19(13-25-17-4-2-3-5-17)26-27(20-7-6-16(22)12-18(20)23)21(14)15-8-10-24-11-9-15/h6-12,17,25H,2-5,13H2,1H3. The van der Waals surface area contributed by atoms with Gasteiger partial charge in [0.25, 0.3) is 0 Å². The molecule has 3 aromatic rings. The number of hydrogen-bond acceptors (Lipinski definition) is 3. The van der Waals surface area contributed by atoms with E-state index < -0.39 is 0 Å². The summed E-state index contributed by atoms with van der Waals surface area (Å²) in [5, 5.41) is 9.77. The lowest BCUT2D eigenvalue weighted by Gasteiger charge is -2.10. The van der Waals surface area contributed by atoms with Crippen LogP contribution in [0.2, 0.25) is 10.0 Å². The van der Waals surface area contributed by atoms with Crippen LogP contribution in [0.3, 0.4) is 0 Å². The predicted octanol–water partition coefficient (Wildman–Crippen LogP) is 5.58. The van der Waals surface area contributed by atoms with Crippen molar-refractivity contribution in [3.63, 3.8) is 0 Å². The molecule has 27 heavy (non-hydrogen) atoms. The summed E-state index contributed by atoms with van der Waals surface area (Å²) in [4.78, 5) is 4.14. The molecule has 0 unspecified atom stereocenters. The lowest BCUT2D eigenvalue weighted by Crippen LogP contribution is -2.25. The van der Waals surface area contributed by atoms with Gasteiger partial charge in [0, 0.05) is 35.6 Å². The molecule has 1 saturated carbocycles. The van der Waals surface area contributed by atoms with Crippen molar-refractivity contribution < 1.29 is 0 Å². The average molecular weight is 401 g/mol. The molecule has 0 atom stereocenters. The second-order valence-electron chi connectivity index (χ2n) is 7.03. The van der Waals surface area contributed by atoms with E-state index in [-0.39, 0.29) is 0 Å². The molecule has 1 fully saturated rings. The molecule has 1 aliphatic rings. The molecule has 1 aromatic carbocycles. The molecule has 1 N–H and O–H groups in total. The number of benzene rings is 1. The van der Waals surface area contributed by atoms with Crippen LogP contribution in [-0.4, -0.2) is 20.8 Å². The molecule has 140 valence electrons. The summed E-state index contributed by atoms with van der Waals surface area (Å²) in [5.74, 6) is 0. The van der Waals surface area contributed by atoms with Gasteiger partial charge < -0.3 is 5.32 Å². The third-order valence-electron chi connectivity index (χ3n) is 5.23. The Morgan fingerprint density at radius 1 is 1.11 bits per heavy atom. The van der Waals surface area contributed by atoms with Gasteiger partial charge in [-0.3, -0.25) is 4.98 Å². The normalized spacial score (nSPS) is 14.8. The molecular formula is C21H22Cl2N4. The number of rotatable bonds is 5. The smallest absolute Gasteiger partial charge is 0.0840 e. The zero-order chi connectivity index (χ0) is 18.8. The van der Waals surface area contributed by atoms with E-state index in [4.69, 9.17) is 28.3 Å². The number of halogens is 2. The summed E-state index contributed by atoms with van der Waals surface area (Å²) in [7, 11) is 0. The fourth-order valence-corrected chi connectivity index (χ4v) is 4.24. The zero-order valence-corrected chi connectivity index (χ0v) is 16.8. The summed E-state index contributed by atoms with van der Waals surface area (Å²) in [5.41, 5.74) is 5.11. The summed E-state index contributed by atoms with van der Waals surface area (Å²) < 4.78 is 1.93. The molecule has 6 heteroatoms. The molecule has 0 radical (unpaired) electrons. The van der Waals surface area contributed by atoms with Crippen LogP contribution in [0.5, 0.6) is 0 Å². The van der Waals surface area contributed by atoms with Gasteiger partial charge in [0.2, 0.25) is 0 Å². The first-order chi connectivity index (χ1) is 13.1. The number of pyridine rings is 1. The van der Waals surface area contributed by atoms with Gasteiger partial charge in [-0.1, -0.05) is 36.0 Å². The number of aromatic nitrogens is 3. The fraction of sp³-hybridized carbons (Fsp3) is 0.333. The van der Waals surface area contributed by atoms with Gasteiger partial charge in [-0.2, -0.15) is 5.10 Å². The van der Waals surface area contributed by atoms with E-state index in [1.165, 1.54) is 25.7 Å². The summed E-state index contributed by atoms with van der Waals surface area (Å²) in [6.45, 7) is 2.88. The highest BCUT2D eigenvalue weighted by Gasteiger charge is 2.20. The summed E-state index contributed by atoms with van der Waals surface area (Å²) in [6, 6.07) is 10.1. The van der Waals surface area contributed by atoms with Crippen molar-refractivity contribution >= 4 is 23.2 Å². The second kappa shape index (κ2) is 8.01. The fourth-order valence-electron chi connectivity index (χ4n) is 3.76. The van der Waals surface area contributed by atoms with Gasteiger partial charge in [-0.05, 0) is 55.7 Å². The zero-order valence-electron chi connectivity index (χ0n) is 15.3. The van der Waals surface area contributed by atoms with Gasteiger partial charge >= 0.3 is 0 Å². The molecule has 0 aliphatic heterocycles. The maximum Gasteiger partial charge on any atom is 0.0840 e. The molecule has 0 bridgehead atoms. The van der Waals surface area contributed by atoms with E-state index in [0.29, 0.717) is 16.1 Å². The minimum atomic E-state index is 0.579. The molecule has 1 aliphatic carbocycles. The van der Waals surface area contributed by atoms with E-state index >= 15 is 0 Å². The first kappa shape index (κ1) is 18.5. The third kappa shape index (κ3) is 3.88. The van der Waals surface area contributed by atoms with Crippen molar-refractivity contribution in [2.45, 2.75) is 45.2 Å². The van der Waals surface area contributed by atoms with Crippen LogP contribution in [0.4, 0.5) is 0 Å². The first-order valence-electron chi connectivity index (χ1n) is 9.31. The van der Waals surface area contributed by atoms with Gasteiger partial charge in [0.05, 0.1) is 22.1 Å². The highest BCUT2D eigenvalue weighted by atomic mass is 35.5. The van der Waals surface area contributed by atoms with Crippen LogP contribution in [0.25, 0.3) is 16.9 Å². The Labute approximate surface area is 169 Å². The van der Waals surface area contributed by atoms with Crippen molar-refractivity contribution in [3.8, 4) is 16.9 Å². The largest absolute Gasteiger partial charge is 0.308 e. The van der Waals surface area contributed by atoms with Gasteiger partial charge in [-0.15, -0.1) is 0 Å². The van der Waals surface area contributed by atoms with E-state index in [1.54, 1.807) is 18.5 Å². The molecule has 0 saturated heterocycles. The van der Waals surface area contributed by atoms with E-state index in [2.05, 4.69) is 17.2 Å². The monoisotopic (exact) mass is 400 g/mol. The highest BCUT2D eigenvalue weighted by molar-refractivity contribution is 6.35. The molecular weight excluding hydrogens is 379 g/mol. The van der Waals surface area contributed by atoms with Crippen molar-refractivity contribution in [2.24, 2.45) is 0 Å². The summed E-state index contributed by atoms with van der Waals surface area (Å²) >= 11 is 12.6. The van der Waals surface area contributed by atoms with Gasteiger partial charge in [0.15, 0.2) is 0 Å². The highest BCUT2D eigenvalue weighted by Crippen LogP contribution is 2.32. The van der Waals surface area contributed by atoms with Gasteiger partial charge in [0.1, 0.15) is 0 Å². The quantitative estimate of drug-likeness (QED) is 0.607. The van der Waals surface area contributed by atoms with Crippen molar-refractivity contribution in [1.29, 1.82) is 0 Å². The lowest BCUT2D eigenvalue weighted by atomic mass is 10.1. The van der Waals surface area contributed by atoms with Crippen molar-refractivity contribution in [3.05, 3.63) is 64.0 Å². The van der Waals surface area contributed by atoms with Crippen LogP contribution in [0, 0.1) is 6.92 Å².